The summed E-state index contributed by atoms with van der Waals surface area (Å²) in [4.78, 5) is 24.8. The summed E-state index contributed by atoms with van der Waals surface area (Å²) < 4.78 is 0. The molecule has 0 radical (unpaired) electrons. The summed E-state index contributed by atoms with van der Waals surface area (Å²) in [5.74, 6) is -0.920. The van der Waals surface area contributed by atoms with Gasteiger partial charge >= 0.3 is 5.97 Å². The minimum absolute atomic E-state index is 0.283. The average molecular weight is 311 g/mol. The number of hydrogen-bond donors (Lipinski definition) is 1. The van der Waals surface area contributed by atoms with E-state index in [9.17, 15) is 4.79 Å². The predicted octanol–water partition coefficient (Wildman–Crippen LogP) is 3.20. The second-order valence-electron chi connectivity index (χ2n) is 4.78. The van der Waals surface area contributed by atoms with Gasteiger partial charge in [0.25, 0.3) is 0 Å². The van der Waals surface area contributed by atoms with Crippen LogP contribution in [0.25, 0.3) is 10.4 Å². The number of aromatic carboxylic acids is 1. The van der Waals surface area contributed by atoms with Crippen molar-refractivity contribution in [3.05, 3.63) is 64.8 Å². The topological polar surface area (TPSA) is 76.0 Å². The molecule has 22 heavy (non-hydrogen) atoms. The van der Waals surface area contributed by atoms with E-state index >= 15 is 0 Å². The Bertz CT molecular complexity index is 798. The van der Waals surface area contributed by atoms with Gasteiger partial charge in [0.15, 0.2) is 0 Å². The van der Waals surface area contributed by atoms with Crippen molar-refractivity contribution in [3.63, 3.8) is 0 Å². The van der Waals surface area contributed by atoms with Crippen LogP contribution in [0.5, 0.6) is 0 Å². The maximum absolute atomic E-state index is 10.9. The van der Waals surface area contributed by atoms with Crippen LogP contribution in [0, 0.1) is 6.92 Å². The van der Waals surface area contributed by atoms with Crippen LogP contribution < -0.4 is 0 Å². The lowest BCUT2D eigenvalue weighted by atomic mass is 10.1. The lowest BCUT2D eigenvalue weighted by Crippen LogP contribution is -1.94. The van der Waals surface area contributed by atoms with Crippen LogP contribution >= 0.6 is 11.3 Å². The number of thiazole rings is 1. The van der Waals surface area contributed by atoms with Crippen molar-refractivity contribution in [1.82, 2.24) is 15.0 Å². The number of nitrogens with zero attached hydrogens (tertiary/aromatic N) is 3. The molecule has 0 bridgehead atoms. The van der Waals surface area contributed by atoms with Crippen LogP contribution in [0.4, 0.5) is 0 Å². The smallest absolute Gasteiger partial charge is 0.335 e. The van der Waals surface area contributed by atoms with Crippen LogP contribution in [0.1, 0.15) is 26.8 Å². The molecule has 5 nitrogen and oxygen atoms in total. The maximum Gasteiger partial charge on any atom is 0.335 e. The van der Waals surface area contributed by atoms with Crippen LogP contribution in [0.2, 0.25) is 0 Å². The van der Waals surface area contributed by atoms with Gasteiger partial charge in [-0.2, -0.15) is 0 Å². The molecule has 6 heteroatoms. The number of carboxylic acids is 1. The Morgan fingerprint density at radius 2 is 2.00 bits per heavy atom. The van der Waals surface area contributed by atoms with Gasteiger partial charge in [-0.25, -0.2) is 9.78 Å². The number of aryl methyl sites for hydroxylation is 1. The SMILES string of the molecule is Cc1nc(Cc2cnccn2)sc1-c1ccc(C(=O)O)cc1. The molecular formula is C16H13N3O2S. The molecule has 0 amide bonds. The number of carbonyl (C=O) groups is 1. The fourth-order valence-electron chi connectivity index (χ4n) is 2.14. The molecule has 2 heterocycles. The summed E-state index contributed by atoms with van der Waals surface area (Å²) in [5.41, 5.74) is 3.08. The summed E-state index contributed by atoms with van der Waals surface area (Å²) in [6.45, 7) is 1.96. The van der Waals surface area contributed by atoms with Crippen molar-refractivity contribution in [2.75, 3.05) is 0 Å². The van der Waals surface area contributed by atoms with Crippen molar-refractivity contribution in [2.24, 2.45) is 0 Å². The highest BCUT2D eigenvalue weighted by molar-refractivity contribution is 7.15. The lowest BCUT2D eigenvalue weighted by molar-refractivity contribution is 0.0697. The zero-order valence-electron chi connectivity index (χ0n) is 11.9. The Labute approximate surface area is 131 Å². The highest BCUT2D eigenvalue weighted by Gasteiger charge is 2.11. The Balaban J connectivity index is 1.87. The standard InChI is InChI=1S/C16H13N3O2S/c1-10-15(11-2-4-12(5-3-11)16(20)21)22-14(19-10)8-13-9-17-6-7-18-13/h2-7,9H,8H2,1H3,(H,20,21). The molecule has 0 aliphatic heterocycles. The Kier molecular flexibility index (Phi) is 3.93. The van der Waals surface area contributed by atoms with Gasteiger partial charge in [-0.1, -0.05) is 12.1 Å². The third-order valence-corrected chi connectivity index (χ3v) is 4.39. The molecule has 0 aliphatic carbocycles. The van der Waals surface area contributed by atoms with Crippen molar-refractivity contribution in [2.45, 2.75) is 13.3 Å². The molecule has 0 spiro atoms. The zero-order valence-corrected chi connectivity index (χ0v) is 12.7. The molecule has 0 saturated carbocycles. The van der Waals surface area contributed by atoms with Crippen LogP contribution in [0.3, 0.4) is 0 Å². The molecule has 0 aliphatic rings. The monoisotopic (exact) mass is 311 g/mol. The zero-order chi connectivity index (χ0) is 15.5. The van der Waals surface area contributed by atoms with Crippen molar-refractivity contribution in [1.29, 1.82) is 0 Å². The highest BCUT2D eigenvalue weighted by Crippen LogP contribution is 2.31. The lowest BCUT2D eigenvalue weighted by Gasteiger charge is -1.99. The number of hydrogen-bond acceptors (Lipinski definition) is 5. The first kappa shape index (κ1) is 14.3. The molecule has 0 unspecified atom stereocenters. The Hall–Kier alpha value is -2.60. The van der Waals surface area contributed by atoms with Crippen LogP contribution in [-0.2, 0) is 6.42 Å². The first-order chi connectivity index (χ1) is 10.6. The van der Waals surface area contributed by atoms with Crippen LogP contribution in [-0.4, -0.2) is 26.0 Å². The van der Waals surface area contributed by atoms with Gasteiger partial charge in [-0.05, 0) is 24.6 Å². The van der Waals surface area contributed by atoms with E-state index < -0.39 is 5.97 Å². The number of aromatic nitrogens is 3. The predicted molar refractivity (Wildman–Crippen MR) is 84.1 cm³/mol. The number of benzene rings is 1. The number of rotatable bonds is 4. The van der Waals surface area contributed by atoms with Crippen molar-refractivity contribution < 1.29 is 9.90 Å². The quantitative estimate of drug-likeness (QED) is 0.800. The highest BCUT2D eigenvalue weighted by atomic mass is 32.1. The van der Waals surface area contributed by atoms with Gasteiger partial charge in [0.2, 0.25) is 0 Å². The molecule has 1 N–H and O–H groups in total. The minimum atomic E-state index is -0.920. The second kappa shape index (κ2) is 6.03. The summed E-state index contributed by atoms with van der Waals surface area (Å²) in [5, 5.41) is 9.91. The molecule has 2 aromatic heterocycles. The first-order valence-electron chi connectivity index (χ1n) is 6.68. The van der Waals surface area contributed by atoms with E-state index in [1.165, 1.54) is 0 Å². The van der Waals surface area contributed by atoms with Gasteiger partial charge in [0.05, 0.1) is 26.8 Å². The van der Waals surface area contributed by atoms with Crippen molar-refractivity contribution in [3.8, 4) is 10.4 Å². The van der Waals surface area contributed by atoms with Gasteiger partial charge in [-0.15, -0.1) is 11.3 Å². The third-order valence-electron chi connectivity index (χ3n) is 3.18. The Morgan fingerprint density at radius 1 is 1.23 bits per heavy atom. The van der Waals surface area contributed by atoms with E-state index in [4.69, 9.17) is 5.11 Å². The normalized spacial score (nSPS) is 10.6. The molecule has 0 saturated heterocycles. The molecule has 0 fully saturated rings. The van der Waals surface area contributed by atoms with Crippen molar-refractivity contribution >= 4 is 17.3 Å². The van der Waals surface area contributed by atoms with Crippen LogP contribution in [0.15, 0.2) is 42.9 Å². The Morgan fingerprint density at radius 3 is 2.64 bits per heavy atom. The molecule has 1 aromatic carbocycles. The average Bonchev–Trinajstić information content (AvgIpc) is 2.89. The summed E-state index contributed by atoms with van der Waals surface area (Å²) in [6.07, 6.45) is 5.69. The first-order valence-corrected chi connectivity index (χ1v) is 7.50. The van der Waals surface area contributed by atoms with E-state index in [0.717, 1.165) is 26.8 Å². The third kappa shape index (κ3) is 3.01. The molecule has 3 rings (SSSR count). The maximum atomic E-state index is 10.9. The molecular weight excluding hydrogens is 298 g/mol. The van der Waals surface area contributed by atoms with E-state index in [0.29, 0.717) is 6.42 Å². The molecule has 110 valence electrons. The fraction of sp³-hybridized carbons (Fsp3) is 0.125. The van der Waals surface area contributed by atoms with E-state index in [1.54, 1.807) is 42.1 Å². The van der Waals surface area contributed by atoms with E-state index in [-0.39, 0.29) is 5.56 Å². The van der Waals surface area contributed by atoms with Gasteiger partial charge in [0.1, 0.15) is 0 Å². The summed E-state index contributed by atoms with van der Waals surface area (Å²) in [7, 11) is 0. The fourth-order valence-corrected chi connectivity index (χ4v) is 3.22. The largest absolute Gasteiger partial charge is 0.478 e. The molecule has 0 atom stereocenters. The molecule has 3 aromatic rings. The van der Waals surface area contributed by atoms with E-state index in [2.05, 4.69) is 15.0 Å². The van der Waals surface area contributed by atoms with E-state index in [1.807, 2.05) is 19.1 Å². The van der Waals surface area contributed by atoms with Gasteiger partial charge in [0, 0.05) is 25.0 Å². The summed E-state index contributed by atoms with van der Waals surface area (Å²) in [6, 6.07) is 6.85. The summed E-state index contributed by atoms with van der Waals surface area (Å²) >= 11 is 1.60. The minimum Gasteiger partial charge on any atom is -0.478 e. The number of carboxylic acid groups (broad SMARTS) is 1. The second-order valence-corrected chi connectivity index (χ2v) is 5.86. The van der Waals surface area contributed by atoms with Gasteiger partial charge in [-0.3, -0.25) is 9.97 Å². The van der Waals surface area contributed by atoms with Gasteiger partial charge < -0.3 is 5.11 Å².